The lowest BCUT2D eigenvalue weighted by molar-refractivity contribution is 0.0953. The normalized spacial score (nSPS) is 10.5. The minimum absolute atomic E-state index is 0.00962. The first-order valence-electron chi connectivity index (χ1n) is 7.78. The maximum Gasteiger partial charge on any atom is 0.251 e. The predicted molar refractivity (Wildman–Crippen MR) is 86.4 cm³/mol. The molecule has 1 rings (SSSR count). The van der Waals surface area contributed by atoms with Gasteiger partial charge < -0.3 is 5.32 Å². The van der Waals surface area contributed by atoms with Crippen molar-refractivity contribution in [2.24, 2.45) is 0 Å². The van der Waals surface area contributed by atoms with Gasteiger partial charge in [-0.15, -0.1) is 0 Å². The molecular formula is C17H26ClNO. The van der Waals surface area contributed by atoms with Crippen molar-refractivity contribution in [3.05, 3.63) is 34.9 Å². The molecular weight excluding hydrogens is 270 g/mol. The Bertz CT molecular complexity index is 375. The summed E-state index contributed by atoms with van der Waals surface area (Å²) in [4.78, 5) is 11.8. The first-order valence-corrected chi connectivity index (χ1v) is 8.15. The fourth-order valence-corrected chi connectivity index (χ4v) is 2.29. The minimum atomic E-state index is -0.00962. The van der Waals surface area contributed by atoms with E-state index in [0.29, 0.717) is 10.6 Å². The zero-order valence-corrected chi connectivity index (χ0v) is 13.2. The Balaban J connectivity index is 2.01. The van der Waals surface area contributed by atoms with Gasteiger partial charge in [0.1, 0.15) is 0 Å². The van der Waals surface area contributed by atoms with Crippen LogP contribution in [0.4, 0.5) is 0 Å². The summed E-state index contributed by atoms with van der Waals surface area (Å²) in [6.07, 6.45) is 10.2. The lowest BCUT2D eigenvalue weighted by atomic mass is 10.1. The lowest BCUT2D eigenvalue weighted by Crippen LogP contribution is -2.24. The molecule has 0 heterocycles. The van der Waals surface area contributed by atoms with Crippen LogP contribution < -0.4 is 5.32 Å². The third kappa shape index (κ3) is 7.54. The Morgan fingerprint density at radius 1 is 0.950 bits per heavy atom. The summed E-state index contributed by atoms with van der Waals surface area (Å²) in [7, 11) is 0. The summed E-state index contributed by atoms with van der Waals surface area (Å²) < 4.78 is 0. The first-order chi connectivity index (χ1) is 9.74. The SMILES string of the molecule is CCCCCCCCCCNC(=O)c1ccc(Cl)cc1. The second-order valence-corrected chi connectivity index (χ2v) is 5.67. The lowest BCUT2D eigenvalue weighted by Gasteiger charge is -2.05. The van der Waals surface area contributed by atoms with Crippen molar-refractivity contribution in [2.75, 3.05) is 6.54 Å². The molecule has 1 N–H and O–H groups in total. The number of carbonyl (C=O) groups excluding carboxylic acids is 1. The first kappa shape index (κ1) is 17.0. The molecule has 0 unspecified atom stereocenters. The van der Waals surface area contributed by atoms with Crippen LogP contribution in [0, 0.1) is 0 Å². The Morgan fingerprint density at radius 2 is 1.50 bits per heavy atom. The monoisotopic (exact) mass is 295 g/mol. The van der Waals surface area contributed by atoms with Crippen LogP contribution >= 0.6 is 11.6 Å². The van der Waals surface area contributed by atoms with Crippen LogP contribution in [0.1, 0.15) is 68.6 Å². The van der Waals surface area contributed by atoms with E-state index in [1.165, 1.54) is 44.9 Å². The topological polar surface area (TPSA) is 29.1 Å². The molecule has 1 amide bonds. The van der Waals surface area contributed by atoms with E-state index in [1.54, 1.807) is 24.3 Å². The summed E-state index contributed by atoms with van der Waals surface area (Å²) in [5.41, 5.74) is 0.675. The average Bonchev–Trinajstić information content (AvgIpc) is 2.46. The molecule has 0 fully saturated rings. The van der Waals surface area contributed by atoms with Gasteiger partial charge in [-0.2, -0.15) is 0 Å². The van der Waals surface area contributed by atoms with E-state index in [4.69, 9.17) is 11.6 Å². The number of hydrogen-bond acceptors (Lipinski definition) is 1. The minimum Gasteiger partial charge on any atom is -0.352 e. The average molecular weight is 296 g/mol. The third-order valence-electron chi connectivity index (χ3n) is 3.42. The number of hydrogen-bond donors (Lipinski definition) is 1. The standard InChI is InChI=1S/C17H26ClNO/c1-2-3-4-5-6-7-8-9-14-19-17(20)15-10-12-16(18)13-11-15/h10-13H,2-9,14H2,1H3,(H,19,20). The van der Waals surface area contributed by atoms with Gasteiger partial charge in [0.05, 0.1) is 0 Å². The highest BCUT2D eigenvalue weighted by atomic mass is 35.5. The molecule has 0 saturated carbocycles. The number of amides is 1. The van der Waals surface area contributed by atoms with Crippen LogP contribution in [0.5, 0.6) is 0 Å². The number of rotatable bonds is 10. The molecule has 0 aliphatic heterocycles. The van der Waals surface area contributed by atoms with Gasteiger partial charge in [0.2, 0.25) is 0 Å². The van der Waals surface area contributed by atoms with Crippen molar-refractivity contribution in [3.63, 3.8) is 0 Å². The molecule has 0 saturated heterocycles. The summed E-state index contributed by atoms with van der Waals surface area (Å²) in [5, 5.41) is 3.60. The van der Waals surface area contributed by atoms with Crippen LogP contribution in [0.3, 0.4) is 0 Å². The fraction of sp³-hybridized carbons (Fsp3) is 0.588. The quantitative estimate of drug-likeness (QED) is 0.590. The summed E-state index contributed by atoms with van der Waals surface area (Å²) in [6.45, 7) is 3.00. The van der Waals surface area contributed by atoms with Crippen molar-refractivity contribution >= 4 is 17.5 Å². The van der Waals surface area contributed by atoms with Crippen molar-refractivity contribution in [1.82, 2.24) is 5.32 Å². The molecule has 0 spiro atoms. The molecule has 1 aromatic rings. The number of halogens is 1. The largest absolute Gasteiger partial charge is 0.352 e. The van der Waals surface area contributed by atoms with E-state index in [2.05, 4.69) is 12.2 Å². The van der Waals surface area contributed by atoms with Crippen molar-refractivity contribution < 1.29 is 4.79 Å². The fourth-order valence-electron chi connectivity index (χ4n) is 2.16. The molecule has 20 heavy (non-hydrogen) atoms. The van der Waals surface area contributed by atoms with E-state index in [9.17, 15) is 4.79 Å². The summed E-state index contributed by atoms with van der Waals surface area (Å²) in [6, 6.07) is 7.00. The van der Waals surface area contributed by atoms with Gasteiger partial charge in [0, 0.05) is 17.1 Å². The van der Waals surface area contributed by atoms with Gasteiger partial charge in [-0.1, -0.05) is 63.5 Å². The molecule has 0 radical (unpaired) electrons. The van der Waals surface area contributed by atoms with Crippen molar-refractivity contribution in [1.29, 1.82) is 0 Å². The van der Waals surface area contributed by atoms with Crippen LogP contribution in [0.25, 0.3) is 0 Å². The Labute approximate surface area is 127 Å². The molecule has 0 bridgehead atoms. The number of unbranched alkanes of at least 4 members (excludes halogenated alkanes) is 7. The molecule has 0 aromatic heterocycles. The zero-order valence-electron chi connectivity index (χ0n) is 12.5. The Hall–Kier alpha value is -1.02. The van der Waals surface area contributed by atoms with Gasteiger partial charge in [-0.25, -0.2) is 0 Å². The van der Waals surface area contributed by atoms with E-state index >= 15 is 0 Å². The molecule has 1 aromatic carbocycles. The van der Waals surface area contributed by atoms with Crippen LogP contribution in [-0.4, -0.2) is 12.5 Å². The highest BCUT2D eigenvalue weighted by Gasteiger charge is 2.03. The third-order valence-corrected chi connectivity index (χ3v) is 3.67. The van der Waals surface area contributed by atoms with Crippen LogP contribution in [0.15, 0.2) is 24.3 Å². The van der Waals surface area contributed by atoms with Crippen molar-refractivity contribution in [2.45, 2.75) is 58.3 Å². The van der Waals surface area contributed by atoms with Gasteiger partial charge >= 0.3 is 0 Å². The molecule has 0 aliphatic rings. The van der Waals surface area contributed by atoms with Gasteiger partial charge in [-0.3, -0.25) is 4.79 Å². The zero-order chi connectivity index (χ0) is 14.6. The molecule has 3 heteroatoms. The Morgan fingerprint density at radius 3 is 2.10 bits per heavy atom. The second kappa shape index (κ2) is 10.7. The van der Waals surface area contributed by atoms with Crippen LogP contribution in [0.2, 0.25) is 5.02 Å². The number of benzene rings is 1. The van der Waals surface area contributed by atoms with Gasteiger partial charge in [-0.05, 0) is 30.7 Å². The maximum atomic E-state index is 11.8. The Kier molecular flexibility index (Phi) is 9.14. The molecule has 112 valence electrons. The van der Waals surface area contributed by atoms with Crippen molar-refractivity contribution in [3.8, 4) is 0 Å². The summed E-state index contributed by atoms with van der Waals surface area (Å²) in [5.74, 6) is -0.00962. The van der Waals surface area contributed by atoms with E-state index in [1.807, 2.05) is 0 Å². The highest BCUT2D eigenvalue weighted by Crippen LogP contribution is 2.10. The molecule has 0 atom stereocenters. The highest BCUT2D eigenvalue weighted by molar-refractivity contribution is 6.30. The molecule has 0 aliphatic carbocycles. The van der Waals surface area contributed by atoms with Gasteiger partial charge in [0.25, 0.3) is 5.91 Å². The van der Waals surface area contributed by atoms with Crippen LogP contribution in [-0.2, 0) is 0 Å². The number of carbonyl (C=O) groups is 1. The van der Waals surface area contributed by atoms with E-state index < -0.39 is 0 Å². The van der Waals surface area contributed by atoms with E-state index in [0.717, 1.165) is 13.0 Å². The smallest absolute Gasteiger partial charge is 0.251 e. The summed E-state index contributed by atoms with van der Waals surface area (Å²) >= 11 is 5.79. The van der Waals surface area contributed by atoms with E-state index in [-0.39, 0.29) is 5.91 Å². The second-order valence-electron chi connectivity index (χ2n) is 5.24. The number of nitrogens with one attached hydrogen (secondary N) is 1. The van der Waals surface area contributed by atoms with Gasteiger partial charge in [0.15, 0.2) is 0 Å². The molecule has 2 nitrogen and oxygen atoms in total. The maximum absolute atomic E-state index is 11.8. The predicted octanol–water partition coefficient (Wildman–Crippen LogP) is 5.21.